The molecule has 0 atom stereocenters. The maximum atomic E-state index is 12.5. The summed E-state index contributed by atoms with van der Waals surface area (Å²) < 4.78 is 35.7. The molecule has 1 rings (SSSR count). The Labute approximate surface area is 82.1 Å². The van der Waals surface area contributed by atoms with E-state index in [0.29, 0.717) is 0 Å². The molecule has 1 N–H and O–H groups in total. The average molecular weight is 218 g/mol. The van der Waals surface area contributed by atoms with Crippen LogP contribution in [0.15, 0.2) is 29.2 Å². The molecule has 78 valence electrons. The lowest BCUT2D eigenvalue weighted by Crippen LogP contribution is -2.31. The maximum Gasteiger partial charge on any atom is 0.207 e. The van der Waals surface area contributed by atoms with E-state index in [4.69, 9.17) is 0 Å². The van der Waals surface area contributed by atoms with Gasteiger partial charge in [-0.1, -0.05) is 0 Å². The first-order chi connectivity index (χ1) is 6.25. The van der Waals surface area contributed by atoms with Crippen molar-refractivity contribution in [2.24, 2.45) is 0 Å². The summed E-state index contributed by atoms with van der Waals surface area (Å²) in [5.74, 6) is -0.514. The molecule has 0 unspecified atom stereocenters. The number of halogens is 1. The van der Waals surface area contributed by atoms with Crippen LogP contribution < -0.4 is 0 Å². The molecule has 0 aliphatic carbocycles. The van der Waals surface area contributed by atoms with E-state index < -0.39 is 20.6 Å². The highest BCUT2D eigenvalue weighted by Crippen LogP contribution is 2.22. The minimum absolute atomic E-state index is 0.0913. The summed E-state index contributed by atoms with van der Waals surface area (Å²) in [6.07, 6.45) is 0. The minimum Gasteiger partial charge on any atom is -0.374 e. The molecule has 3 nitrogen and oxygen atoms in total. The highest BCUT2D eigenvalue weighted by Gasteiger charge is 2.32. The van der Waals surface area contributed by atoms with Crippen molar-refractivity contribution in [3.8, 4) is 0 Å². The van der Waals surface area contributed by atoms with Gasteiger partial charge in [-0.3, -0.25) is 0 Å². The Bertz CT molecular complexity index is 414. The molecule has 0 saturated carbocycles. The first-order valence-electron chi connectivity index (χ1n) is 3.98. The molecule has 0 amide bonds. The molecule has 0 spiro atoms. The third-order valence-corrected chi connectivity index (χ3v) is 3.99. The zero-order chi connectivity index (χ0) is 11.0. The van der Waals surface area contributed by atoms with Gasteiger partial charge in [0.15, 0.2) is 4.93 Å². The molecule has 0 radical (unpaired) electrons. The lowest BCUT2D eigenvalue weighted by molar-refractivity contribution is 0.165. The van der Waals surface area contributed by atoms with Gasteiger partial charge in [-0.15, -0.1) is 0 Å². The monoisotopic (exact) mass is 218 g/mol. The number of aliphatic hydroxyl groups is 1. The Kier molecular flexibility index (Phi) is 2.65. The molecule has 0 aliphatic rings. The van der Waals surface area contributed by atoms with Crippen molar-refractivity contribution in [1.82, 2.24) is 0 Å². The second-order valence-electron chi connectivity index (χ2n) is 3.40. The van der Waals surface area contributed by atoms with Crippen LogP contribution in [-0.2, 0) is 9.84 Å². The first kappa shape index (κ1) is 11.1. The zero-order valence-electron chi connectivity index (χ0n) is 7.86. The molecule has 0 saturated heterocycles. The van der Waals surface area contributed by atoms with Crippen LogP contribution in [0.2, 0.25) is 0 Å². The van der Waals surface area contributed by atoms with Gasteiger partial charge < -0.3 is 5.11 Å². The van der Waals surface area contributed by atoms with E-state index >= 15 is 0 Å². The summed E-state index contributed by atoms with van der Waals surface area (Å²) in [5.41, 5.74) is 0. The van der Waals surface area contributed by atoms with Crippen LogP contribution in [0.5, 0.6) is 0 Å². The van der Waals surface area contributed by atoms with E-state index in [0.717, 1.165) is 24.3 Å². The Morgan fingerprint density at radius 3 is 2.00 bits per heavy atom. The number of sulfone groups is 1. The minimum atomic E-state index is -3.80. The fraction of sp³-hybridized carbons (Fsp3) is 0.333. The molecule has 0 fully saturated rings. The Balaban J connectivity index is 3.25. The molecule has 1 aromatic rings. The summed E-state index contributed by atoms with van der Waals surface area (Å²) in [6, 6.07) is 4.34. The molecule has 1 aromatic carbocycles. The Hall–Kier alpha value is -0.940. The first-order valence-corrected chi connectivity index (χ1v) is 5.46. The second kappa shape index (κ2) is 3.33. The maximum absolute atomic E-state index is 12.5. The van der Waals surface area contributed by atoms with Crippen LogP contribution in [-0.4, -0.2) is 18.5 Å². The SMILES string of the molecule is CC(C)(O)S(=O)(=O)c1ccc(F)cc1. The lowest BCUT2D eigenvalue weighted by atomic mass is 10.3. The third kappa shape index (κ3) is 1.93. The van der Waals surface area contributed by atoms with Crippen LogP contribution in [0, 0.1) is 5.82 Å². The normalized spacial score (nSPS) is 12.9. The van der Waals surface area contributed by atoms with Crippen LogP contribution in [0.4, 0.5) is 4.39 Å². The molecule has 5 heteroatoms. The molecular weight excluding hydrogens is 207 g/mol. The highest BCUT2D eigenvalue weighted by atomic mass is 32.2. The van der Waals surface area contributed by atoms with Crippen LogP contribution in [0.3, 0.4) is 0 Å². The smallest absolute Gasteiger partial charge is 0.207 e. The van der Waals surface area contributed by atoms with Gasteiger partial charge in [-0.2, -0.15) is 0 Å². The summed E-state index contributed by atoms with van der Waals surface area (Å²) in [5, 5.41) is 9.39. The van der Waals surface area contributed by atoms with Crippen molar-refractivity contribution in [3.63, 3.8) is 0 Å². The van der Waals surface area contributed by atoms with Gasteiger partial charge in [-0.25, -0.2) is 12.8 Å². The van der Waals surface area contributed by atoms with E-state index in [9.17, 15) is 17.9 Å². The van der Waals surface area contributed by atoms with Crippen molar-refractivity contribution in [3.05, 3.63) is 30.1 Å². The van der Waals surface area contributed by atoms with Crippen LogP contribution >= 0.6 is 0 Å². The van der Waals surface area contributed by atoms with Gasteiger partial charge in [0.2, 0.25) is 9.84 Å². The number of hydrogen-bond donors (Lipinski definition) is 1. The Morgan fingerprint density at radius 2 is 1.64 bits per heavy atom. The summed E-state index contributed by atoms with van der Waals surface area (Å²) in [6.45, 7) is 2.34. The van der Waals surface area contributed by atoms with Crippen molar-refractivity contribution in [2.75, 3.05) is 0 Å². The molecule has 0 heterocycles. The molecule has 14 heavy (non-hydrogen) atoms. The summed E-state index contributed by atoms with van der Waals surface area (Å²) >= 11 is 0. The van der Waals surface area contributed by atoms with Crippen LogP contribution in [0.25, 0.3) is 0 Å². The van der Waals surface area contributed by atoms with Gasteiger partial charge >= 0.3 is 0 Å². The van der Waals surface area contributed by atoms with Gasteiger partial charge in [0, 0.05) is 0 Å². The Morgan fingerprint density at radius 1 is 1.21 bits per heavy atom. The highest BCUT2D eigenvalue weighted by molar-refractivity contribution is 7.92. The predicted molar refractivity (Wildman–Crippen MR) is 49.9 cm³/mol. The number of hydrogen-bond acceptors (Lipinski definition) is 3. The number of rotatable bonds is 2. The van der Waals surface area contributed by atoms with E-state index in [1.807, 2.05) is 0 Å². The zero-order valence-corrected chi connectivity index (χ0v) is 8.68. The topological polar surface area (TPSA) is 54.4 Å². The average Bonchev–Trinajstić information content (AvgIpc) is 2.03. The van der Waals surface area contributed by atoms with Crippen molar-refractivity contribution < 1.29 is 17.9 Å². The van der Waals surface area contributed by atoms with Gasteiger partial charge in [0.05, 0.1) is 4.90 Å². The molecule has 0 aliphatic heterocycles. The summed E-state index contributed by atoms with van der Waals surface area (Å²) in [4.78, 5) is -1.95. The van der Waals surface area contributed by atoms with Gasteiger partial charge in [0.25, 0.3) is 0 Å². The molecule has 0 bridgehead atoms. The largest absolute Gasteiger partial charge is 0.374 e. The summed E-state index contributed by atoms with van der Waals surface area (Å²) in [7, 11) is -3.80. The van der Waals surface area contributed by atoms with E-state index in [1.54, 1.807) is 0 Å². The fourth-order valence-corrected chi connectivity index (χ4v) is 1.97. The third-order valence-electron chi connectivity index (χ3n) is 1.78. The van der Waals surface area contributed by atoms with Gasteiger partial charge in [-0.05, 0) is 38.1 Å². The van der Waals surface area contributed by atoms with Gasteiger partial charge in [0.1, 0.15) is 5.82 Å². The van der Waals surface area contributed by atoms with Crippen molar-refractivity contribution in [2.45, 2.75) is 23.7 Å². The quantitative estimate of drug-likeness (QED) is 0.762. The van der Waals surface area contributed by atoms with E-state index in [2.05, 4.69) is 0 Å². The fourth-order valence-electron chi connectivity index (χ4n) is 0.902. The van der Waals surface area contributed by atoms with Crippen LogP contribution in [0.1, 0.15) is 13.8 Å². The lowest BCUT2D eigenvalue weighted by Gasteiger charge is -2.17. The predicted octanol–water partition coefficient (Wildman–Crippen LogP) is 1.33. The number of benzene rings is 1. The molecular formula is C9H11FO3S. The second-order valence-corrected chi connectivity index (χ2v) is 5.88. The van der Waals surface area contributed by atoms with Crippen molar-refractivity contribution in [1.29, 1.82) is 0 Å². The standard InChI is InChI=1S/C9H11FO3S/c1-9(2,11)14(12,13)8-5-3-7(10)4-6-8/h3-6,11H,1-2H3. The van der Waals surface area contributed by atoms with E-state index in [-0.39, 0.29) is 4.90 Å². The van der Waals surface area contributed by atoms with E-state index in [1.165, 1.54) is 13.8 Å². The van der Waals surface area contributed by atoms with Crippen molar-refractivity contribution >= 4 is 9.84 Å². The molecule has 0 aromatic heterocycles.